The van der Waals surface area contributed by atoms with Gasteiger partial charge in [-0.3, -0.25) is 4.79 Å². The Morgan fingerprint density at radius 2 is 2.00 bits per heavy atom. The predicted molar refractivity (Wildman–Crippen MR) is 51.1 cm³/mol. The molecule has 0 aromatic rings. The summed E-state index contributed by atoms with van der Waals surface area (Å²) in [4.78, 5) is 12.3. The van der Waals surface area contributed by atoms with Crippen LogP contribution in [0.2, 0.25) is 0 Å². The summed E-state index contributed by atoms with van der Waals surface area (Å²) in [5.74, 6) is -1.09. The Kier molecular flexibility index (Phi) is 5.64. The first-order chi connectivity index (χ1) is 6.81. The van der Waals surface area contributed by atoms with Crippen LogP contribution < -0.4 is 5.73 Å². The van der Waals surface area contributed by atoms with Crippen molar-refractivity contribution < 1.29 is 18.0 Å². The summed E-state index contributed by atoms with van der Waals surface area (Å²) >= 11 is 0. The number of halogens is 3. The van der Waals surface area contributed by atoms with Gasteiger partial charge in [-0.05, 0) is 6.42 Å². The van der Waals surface area contributed by atoms with Crippen LogP contribution >= 0.6 is 0 Å². The molecule has 1 unspecified atom stereocenters. The molecule has 15 heavy (non-hydrogen) atoms. The lowest BCUT2D eigenvalue weighted by Crippen LogP contribution is -2.43. The Morgan fingerprint density at radius 3 is 2.33 bits per heavy atom. The number of alkyl halides is 3. The van der Waals surface area contributed by atoms with Crippen LogP contribution in [0.1, 0.15) is 20.3 Å². The second-order valence-electron chi connectivity index (χ2n) is 3.51. The molecule has 1 amide bonds. The summed E-state index contributed by atoms with van der Waals surface area (Å²) in [5, 5.41) is 0. The zero-order valence-corrected chi connectivity index (χ0v) is 8.97. The van der Waals surface area contributed by atoms with Crippen LogP contribution in [0.3, 0.4) is 0 Å². The first-order valence-corrected chi connectivity index (χ1v) is 4.87. The predicted octanol–water partition coefficient (Wildman–Crippen LogP) is 1.38. The quantitative estimate of drug-likeness (QED) is 0.769. The van der Waals surface area contributed by atoms with Gasteiger partial charge in [0, 0.05) is 19.0 Å². The second-order valence-corrected chi connectivity index (χ2v) is 3.51. The fourth-order valence-corrected chi connectivity index (χ4v) is 1.17. The topological polar surface area (TPSA) is 46.3 Å². The van der Waals surface area contributed by atoms with E-state index in [1.54, 1.807) is 6.92 Å². The van der Waals surface area contributed by atoms with E-state index >= 15 is 0 Å². The molecule has 0 rings (SSSR count). The molecular weight excluding hydrogens is 209 g/mol. The molecule has 0 aliphatic rings. The Bertz CT molecular complexity index is 206. The molecule has 0 aromatic heterocycles. The Labute approximate surface area is 87.4 Å². The summed E-state index contributed by atoms with van der Waals surface area (Å²) in [6, 6.07) is 0. The van der Waals surface area contributed by atoms with E-state index < -0.39 is 24.5 Å². The van der Waals surface area contributed by atoms with Gasteiger partial charge in [0.05, 0.1) is 0 Å². The van der Waals surface area contributed by atoms with Crippen molar-refractivity contribution in [3.8, 4) is 0 Å². The van der Waals surface area contributed by atoms with Crippen molar-refractivity contribution in [1.29, 1.82) is 0 Å². The molecule has 90 valence electrons. The third kappa shape index (κ3) is 5.61. The SMILES string of the molecule is CCCN(CC(F)(F)F)C(=O)C(C)CN. The van der Waals surface area contributed by atoms with Gasteiger partial charge < -0.3 is 10.6 Å². The molecule has 2 N–H and O–H groups in total. The largest absolute Gasteiger partial charge is 0.406 e. The van der Waals surface area contributed by atoms with E-state index in [0.717, 1.165) is 4.90 Å². The van der Waals surface area contributed by atoms with Crippen molar-refractivity contribution in [2.75, 3.05) is 19.6 Å². The zero-order chi connectivity index (χ0) is 12.1. The van der Waals surface area contributed by atoms with Crippen molar-refractivity contribution in [1.82, 2.24) is 4.90 Å². The minimum absolute atomic E-state index is 0.0664. The van der Waals surface area contributed by atoms with Crippen molar-refractivity contribution in [2.45, 2.75) is 26.4 Å². The number of hydrogen-bond acceptors (Lipinski definition) is 2. The molecule has 0 fully saturated rings. The summed E-state index contributed by atoms with van der Waals surface area (Å²) in [6.45, 7) is 2.24. The van der Waals surface area contributed by atoms with Gasteiger partial charge in [0.25, 0.3) is 0 Å². The number of nitrogens with zero attached hydrogens (tertiary/aromatic N) is 1. The fourth-order valence-electron chi connectivity index (χ4n) is 1.17. The Morgan fingerprint density at radius 1 is 1.47 bits per heavy atom. The number of carbonyl (C=O) groups is 1. The number of hydrogen-bond donors (Lipinski definition) is 1. The number of nitrogens with two attached hydrogens (primary N) is 1. The highest BCUT2D eigenvalue weighted by Gasteiger charge is 2.33. The molecule has 0 radical (unpaired) electrons. The maximum atomic E-state index is 12.1. The van der Waals surface area contributed by atoms with Crippen molar-refractivity contribution in [3.63, 3.8) is 0 Å². The van der Waals surface area contributed by atoms with E-state index in [9.17, 15) is 18.0 Å². The number of amides is 1. The summed E-state index contributed by atoms with van der Waals surface area (Å²) in [5.41, 5.74) is 5.24. The summed E-state index contributed by atoms with van der Waals surface area (Å²) in [7, 11) is 0. The molecule has 0 aromatic carbocycles. The highest BCUT2D eigenvalue weighted by molar-refractivity contribution is 5.78. The smallest absolute Gasteiger partial charge is 0.333 e. The highest BCUT2D eigenvalue weighted by atomic mass is 19.4. The van der Waals surface area contributed by atoms with Crippen molar-refractivity contribution in [3.05, 3.63) is 0 Å². The third-order valence-electron chi connectivity index (χ3n) is 1.95. The lowest BCUT2D eigenvalue weighted by Gasteiger charge is -2.25. The van der Waals surface area contributed by atoms with E-state index in [4.69, 9.17) is 5.73 Å². The molecular formula is C9H17F3N2O. The van der Waals surface area contributed by atoms with Gasteiger partial charge in [0.1, 0.15) is 6.54 Å². The van der Waals surface area contributed by atoms with E-state index in [2.05, 4.69) is 0 Å². The molecule has 0 bridgehead atoms. The second kappa shape index (κ2) is 5.95. The van der Waals surface area contributed by atoms with Gasteiger partial charge >= 0.3 is 6.18 Å². The van der Waals surface area contributed by atoms with Gasteiger partial charge in [0.2, 0.25) is 5.91 Å². The van der Waals surface area contributed by atoms with Crippen LogP contribution in [0.25, 0.3) is 0 Å². The van der Waals surface area contributed by atoms with E-state index in [1.807, 2.05) is 0 Å². The lowest BCUT2D eigenvalue weighted by atomic mass is 10.1. The minimum Gasteiger partial charge on any atom is -0.333 e. The molecule has 0 spiro atoms. The first-order valence-electron chi connectivity index (χ1n) is 4.87. The molecule has 0 heterocycles. The van der Waals surface area contributed by atoms with Gasteiger partial charge in [-0.2, -0.15) is 13.2 Å². The normalized spacial score (nSPS) is 13.7. The van der Waals surface area contributed by atoms with Crippen LogP contribution in [-0.4, -0.2) is 36.6 Å². The maximum Gasteiger partial charge on any atom is 0.406 e. The van der Waals surface area contributed by atoms with E-state index in [-0.39, 0.29) is 13.1 Å². The van der Waals surface area contributed by atoms with Crippen LogP contribution in [-0.2, 0) is 4.79 Å². The molecule has 0 saturated carbocycles. The van der Waals surface area contributed by atoms with Crippen LogP contribution in [0.4, 0.5) is 13.2 Å². The number of rotatable bonds is 5. The Hall–Kier alpha value is -0.780. The first kappa shape index (κ1) is 14.2. The molecule has 0 aliphatic heterocycles. The van der Waals surface area contributed by atoms with Crippen molar-refractivity contribution >= 4 is 5.91 Å². The lowest BCUT2D eigenvalue weighted by molar-refractivity contribution is -0.163. The highest BCUT2D eigenvalue weighted by Crippen LogP contribution is 2.17. The van der Waals surface area contributed by atoms with Crippen molar-refractivity contribution in [2.24, 2.45) is 11.7 Å². The summed E-state index contributed by atoms with van der Waals surface area (Å²) in [6.07, 6.45) is -3.85. The van der Waals surface area contributed by atoms with Crippen LogP contribution in [0, 0.1) is 5.92 Å². The van der Waals surface area contributed by atoms with Gasteiger partial charge in [0.15, 0.2) is 0 Å². The monoisotopic (exact) mass is 226 g/mol. The van der Waals surface area contributed by atoms with E-state index in [1.165, 1.54) is 6.92 Å². The average molecular weight is 226 g/mol. The summed E-state index contributed by atoms with van der Waals surface area (Å²) < 4.78 is 36.4. The van der Waals surface area contributed by atoms with Gasteiger partial charge in [-0.25, -0.2) is 0 Å². The van der Waals surface area contributed by atoms with Gasteiger partial charge in [-0.1, -0.05) is 13.8 Å². The molecule has 0 saturated heterocycles. The van der Waals surface area contributed by atoms with Crippen LogP contribution in [0.15, 0.2) is 0 Å². The molecule has 0 aliphatic carbocycles. The third-order valence-corrected chi connectivity index (χ3v) is 1.95. The molecule has 3 nitrogen and oxygen atoms in total. The average Bonchev–Trinajstić information content (AvgIpc) is 2.13. The Balaban J connectivity index is 4.45. The minimum atomic E-state index is -4.35. The number of carbonyl (C=O) groups excluding carboxylic acids is 1. The maximum absolute atomic E-state index is 12.1. The standard InChI is InChI=1S/C9H17F3N2O/c1-3-4-14(6-9(10,11)12)8(15)7(2)5-13/h7H,3-6,13H2,1-2H3. The van der Waals surface area contributed by atoms with E-state index in [0.29, 0.717) is 6.42 Å². The molecule has 1 atom stereocenters. The van der Waals surface area contributed by atoms with Crippen LogP contribution in [0.5, 0.6) is 0 Å². The van der Waals surface area contributed by atoms with Gasteiger partial charge in [-0.15, -0.1) is 0 Å². The fraction of sp³-hybridized carbons (Fsp3) is 0.889. The zero-order valence-electron chi connectivity index (χ0n) is 8.97. The molecule has 6 heteroatoms.